The van der Waals surface area contributed by atoms with Crippen molar-refractivity contribution in [3.63, 3.8) is 0 Å². The van der Waals surface area contributed by atoms with Crippen LogP contribution in [0.15, 0.2) is 72.8 Å². The standard InChI is InChI=1S/C35H38N2O2/c1-33(2)19-35(29-17-31(38-5)25(15-27(29)33)21-7-11-23(36)12-8-21)20-34(3,4)28-16-26(32(39-6)18-30(28)35)22-9-13-24(37)14-10-22/h7-18H,19-20,36-37H2,1-6H3. The lowest BCUT2D eigenvalue weighted by atomic mass is 9.72. The first-order chi connectivity index (χ1) is 18.5. The van der Waals surface area contributed by atoms with E-state index in [1.54, 1.807) is 14.2 Å². The van der Waals surface area contributed by atoms with Crippen molar-refractivity contribution < 1.29 is 9.47 Å². The van der Waals surface area contributed by atoms with Crippen LogP contribution in [-0.2, 0) is 16.2 Å². The van der Waals surface area contributed by atoms with Gasteiger partial charge in [0.1, 0.15) is 11.5 Å². The van der Waals surface area contributed by atoms with Crippen LogP contribution >= 0.6 is 0 Å². The Morgan fingerprint density at radius 3 is 1.23 bits per heavy atom. The summed E-state index contributed by atoms with van der Waals surface area (Å²) in [5, 5.41) is 0. The maximum Gasteiger partial charge on any atom is 0.127 e. The maximum absolute atomic E-state index is 6.03. The molecule has 200 valence electrons. The van der Waals surface area contributed by atoms with E-state index < -0.39 is 0 Å². The molecule has 6 rings (SSSR count). The fraction of sp³-hybridized carbons (Fsp3) is 0.314. The number of hydrogen-bond donors (Lipinski definition) is 2. The highest BCUT2D eigenvalue weighted by Gasteiger charge is 2.56. The summed E-state index contributed by atoms with van der Waals surface area (Å²) < 4.78 is 12.1. The number of anilines is 2. The second-order valence-electron chi connectivity index (χ2n) is 12.6. The summed E-state index contributed by atoms with van der Waals surface area (Å²) in [4.78, 5) is 0. The first-order valence-corrected chi connectivity index (χ1v) is 13.7. The van der Waals surface area contributed by atoms with E-state index in [0.29, 0.717) is 0 Å². The van der Waals surface area contributed by atoms with Crippen LogP contribution in [0.2, 0.25) is 0 Å². The van der Waals surface area contributed by atoms with Gasteiger partial charge in [-0.15, -0.1) is 0 Å². The molecule has 0 aromatic heterocycles. The molecule has 39 heavy (non-hydrogen) atoms. The summed E-state index contributed by atoms with van der Waals surface area (Å²) in [7, 11) is 3.54. The molecule has 0 saturated heterocycles. The number of methoxy groups -OCH3 is 2. The van der Waals surface area contributed by atoms with E-state index in [1.165, 1.54) is 22.3 Å². The smallest absolute Gasteiger partial charge is 0.127 e. The first kappa shape index (κ1) is 25.4. The third-order valence-corrected chi connectivity index (χ3v) is 9.10. The highest BCUT2D eigenvalue weighted by molar-refractivity contribution is 5.78. The van der Waals surface area contributed by atoms with Crippen molar-refractivity contribution in [1.29, 1.82) is 0 Å². The molecule has 0 bridgehead atoms. The van der Waals surface area contributed by atoms with E-state index in [-0.39, 0.29) is 16.2 Å². The van der Waals surface area contributed by atoms with Gasteiger partial charge < -0.3 is 20.9 Å². The van der Waals surface area contributed by atoms with E-state index in [2.05, 4.69) is 76.2 Å². The molecule has 4 heteroatoms. The number of hydrogen-bond acceptors (Lipinski definition) is 4. The number of ether oxygens (including phenoxy) is 2. The van der Waals surface area contributed by atoms with E-state index in [0.717, 1.165) is 58.0 Å². The van der Waals surface area contributed by atoms with Crippen LogP contribution < -0.4 is 20.9 Å². The Balaban J connectivity index is 1.58. The normalized spacial score (nSPS) is 17.6. The molecule has 0 fully saturated rings. The number of nitrogens with two attached hydrogens (primary N) is 2. The monoisotopic (exact) mass is 518 g/mol. The maximum atomic E-state index is 6.03. The lowest BCUT2D eigenvalue weighted by Gasteiger charge is -2.31. The van der Waals surface area contributed by atoms with Gasteiger partial charge >= 0.3 is 0 Å². The predicted molar refractivity (Wildman–Crippen MR) is 162 cm³/mol. The number of benzene rings is 4. The Hall–Kier alpha value is -3.92. The predicted octanol–water partition coefficient (Wildman–Crippen LogP) is 7.85. The molecule has 0 heterocycles. The van der Waals surface area contributed by atoms with Crippen molar-refractivity contribution >= 4 is 11.4 Å². The SMILES string of the molecule is COc1cc2c(cc1-c1ccc(N)cc1)C(C)(C)CC21CC(C)(C)c2cc(-c3ccc(N)cc3)c(OC)cc21. The summed E-state index contributed by atoms with van der Waals surface area (Å²) in [5.74, 6) is 1.79. The molecule has 0 radical (unpaired) electrons. The van der Waals surface area contributed by atoms with Crippen LogP contribution in [0.4, 0.5) is 11.4 Å². The summed E-state index contributed by atoms with van der Waals surface area (Å²) in [6.07, 6.45) is 2.06. The van der Waals surface area contributed by atoms with Gasteiger partial charge in [0.15, 0.2) is 0 Å². The Morgan fingerprint density at radius 2 is 0.897 bits per heavy atom. The molecule has 0 aliphatic heterocycles. The molecule has 0 saturated carbocycles. The molecular formula is C35H38N2O2. The van der Waals surface area contributed by atoms with Gasteiger partial charge in [-0.05, 0) is 106 Å². The third-order valence-electron chi connectivity index (χ3n) is 9.10. The minimum absolute atomic E-state index is 0.00921. The average molecular weight is 519 g/mol. The van der Waals surface area contributed by atoms with Crippen LogP contribution in [-0.4, -0.2) is 14.2 Å². The molecule has 2 aliphatic carbocycles. The largest absolute Gasteiger partial charge is 0.496 e. The van der Waals surface area contributed by atoms with Gasteiger partial charge in [-0.1, -0.05) is 52.0 Å². The van der Waals surface area contributed by atoms with Gasteiger partial charge in [-0.25, -0.2) is 0 Å². The van der Waals surface area contributed by atoms with Crippen LogP contribution in [0.25, 0.3) is 22.3 Å². The molecule has 1 spiro atoms. The lowest BCUT2D eigenvalue weighted by molar-refractivity contribution is 0.348. The quantitative estimate of drug-likeness (QED) is 0.270. The van der Waals surface area contributed by atoms with Crippen molar-refractivity contribution in [2.24, 2.45) is 0 Å². The fourth-order valence-corrected chi connectivity index (χ4v) is 7.47. The van der Waals surface area contributed by atoms with Crippen molar-refractivity contribution in [2.45, 2.75) is 56.8 Å². The third kappa shape index (κ3) is 3.80. The molecule has 4 N–H and O–H groups in total. The van der Waals surface area contributed by atoms with Crippen molar-refractivity contribution in [1.82, 2.24) is 0 Å². The van der Waals surface area contributed by atoms with Crippen molar-refractivity contribution in [3.05, 3.63) is 95.1 Å². The van der Waals surface area contributed by atoms with Gasteiger partial charge in [-0.2, -0.15) is 0 Å². The molecule has 0 unspecified atom stereocenters. The Bertz CT molecular complexity index is 1460. The topological polar surface area (TPSA) is 70.5 Å². The van der Waals surface area contributed by atoms with Gasteiger partial charge in [0, 0.05) is 27.9 Å². The van der Waals surface area contributed by atoms with E-state index in [4.69, 9.17) is 20.9 Å². The van der Waals surface area contributed by atoms with E-state index >= 15 is 0 Å². The van der Waals surface area contributed by atoms with Crippen LogP contribution in [0.1, 0.15) is 62.8 Å². The average Bonchev–Trinajstić information content (AvgIpc) is 3.27. The van der Waals surface area contributed by atoms with E-state index in [9.17, 15) is 0 Å². The highest BCUT2D eigenvalue weighted by atomic mass is 16.5. The van der Waals surface area contributed by atoms with E-state index in [1.807, 2.05) is 24.3 Å². The summed E-state index contributed by atoms with van der Waals surface area (Å²) in [6, 6.07) is 25.5. The van der Waals surface area contributed by atoms with Crippen LogP contribution in [0.3, 0.4) is 0 Å². The molecule has 0 atom stereocenters. The molecular weight excluding hydrogens is 480 g/mol. The number of rotatable bonds is 4. The second-order valence-corrected chi connectivity index (χ2v) is 12.6. The van der Waals surface area contributed by atoms with Gasteiger partial charge in [0.25, 0.3) is 0 Å². The second kappa shape index (κ2) is 8.54. The lowest BCUT2D eigenvalue weighted by Crippen LogP contribution is -2.27. The summed E-state index contributed by atoms with van der Waals surface area (Å²) in [5.41, 5.74) is 23.3. The molecule has 4 aromatic carbocycles. The zero-order valence-corrected chi connectivity index (χ0v) is 23.8. The zero-order valence-electron chi connectivity index (χ0n) is 23.8. The van der Waals surface area contributed by atoms with Gasteiger partial charge in [0.05, 0.1) is 14.2 Å². The van der Waals surface area contributed by atoms with Gasteiger partial charge in [-0.3, -0.25) is 0 Å². The number of fused-ring (bicyclic) bond motifs is 4. The summed E-state index contributed by atoms with van der Waals surface area (Å²) in [6.45, 7) is 9.52. The van der Waals surface area contributed by atoms with Gasteiger partial charge in [0.2, 0.25) is 0 Å². The Labute approximate surface area is 232 Å². The molecule has 2 aliphatic rings. The minimum atomic E-state index is -0.127. The molecule has 4 nitrogen and oxygen atoms in total. The highest BCUT2D eigenvalue weighted by Crippen LogP contribution is 2.64. The Kier molecular flexibility index (Phi) is 5.55. The molecule has 4 aromatic rings. The fourth-order valence-electron chi connectivity index (χ4n) is 7.47. The summed E-state index contributed by atoms with van der Waals surface area (Å²) >= 11 is 0. The minimum Gasteiger partial charge on any atom is -0.496 e. The van der Waals surface area contributed by atoms with Crippen molar-refractivity contribution in [3.8, 4) is 33.8 Å². The zero-order chi connectivity index (χ0) is 27.7. The number of nitrogen functional groups attached to an aromatic ring is 2. The Morgan fingerprint density at radius 1 is 0.538 bits per heavy atom. The first-order valence-electron chi connectivity index (χ1n) is 13.7. The van der Waals surface area contributed by atoms with Crippen molar-refractivity contribution in [2.75, 3.05) is 25.7 Å². The van der Waals surface area contributed by atoms with Crippen LogP contribution in [0, 0.1) is 0 Å². The van der Waals surface area contributed by atoms with Crippen LogP contribution in [0.5, 0.6) is 11.5 Å². The molecule has 0 amide bonds.